The summed E-state index contributed by atoms with van der Waals surface area (Å²) in [6, 6.07) is -0.0965. The van der Waals surface area contributed by atoms with Crippen LogP contribution in [0.4, 0.5) is 5.82 Å². The maximum Gasteiger partial charge on any atom is 0.248 e. The second kappa shape index (κ2) is 7.79. The van der Waals surface area contributed by atoms with Gasteiger partial charge in [0.1, 0.15) is 4.90 Å². The molecule has 0 saturated carbocycles. The van der Waals surface area contributed by atoms with E-state index in [0.717, 1.165) is 25.7 Å². The molecule has 122 valence electrons. The lowest BCUT2D eigenvalue weighted by Crippen LogP contribution is -2.37. The molecule has 1 aromatic rings. The Kier molecular flexibility index (Phi) is 6.67. The van der Waals surface area contributed by atoms with Crippen molar-refractivity contribution in [2.75, 3.05) is 12.3 Å². The molecule has 1 aromatic heterocycles. The Hall–Kier alpha value is -1.08. The highest BCUT2D eigenvalue weighted by molar-refractivity contribution is 7.89. The number of nitrogen functional groups attached to an aromatic ring is 1. The van der Waals surface area contributed by atoms with E-state index in [1.165, 1.54) is 4.31 Å². The van der Waals surface area contributed by atoms with Gasteiger partial charge in [0.15, 0.2) is 5.82 Å². The lowest BCUT2D eigenvalue weighted by Gasteiger charge is -2.25. The fourth-order valence-corrected chi connectivity index (χ4v) is 4.00. The van der Waals surface area contributed by atoms with E-state index in [1.54, 1.807) is 10.9 Å². The SMILES string of the molecule is CCCCCN(C(C)C)S(=O)(=O)c1cn(CCC)nc1N. The van der Waals surface area contributed by atoms with Gasteiger partial charge in [-0.25, -0.2) is 8.42 Å². The van der Waals surface area contributed by atoms with E-state index in [0.29, 0.717) is 13.1 Å². The first-order chi connectivity index (χ1) is 9.84. The van der Waals surface area contributed by atoms with Gasteiger partial charge in [-0.15, -0.1) is 0 Å². The van der Waals surface area contributed by atoms with E-state index >= 15 is 0 Å². The first-order valence-corrected chi connectivity index (χ1v) is 9.13. The summed E-state index contributed by atoms with van der Waals surface area (Å²) in [5.41, 5.74) is 5.81. The predicted molar refractivity (Wildman–Crippen MR) is 85.5 cm³/mol. The molecule has 0 aromatic carbocycles. The smallest absolute Gasteiger partial charge is 0.248 e. The van der Waals surface area contributed by atoms with Crippen LogP contribution < -0.4 is 5.73 Å². The van der Waals surface area contributed by atoms with Crippen molar-refractivity contribution in [2.45, 2.75) is 70.9 Å². The number of hydrogen-bond acceptors (Lipinski definition) is 4. The highest BCUT2D eigenvalue weighted by Crippen LogP contribution is 2.23. The second-order valence-corrected chi connectivity index (χ2v) is 7.42. The Morgan fingerprint density at radius 3 is 2.48 bits per heavy atom. The van der Waals surface area contributed by atoms with Gasteiger partial charge >= 0.3 is 0 Å². The van der Waals surface area contributed by atoms with E-state index in [-0.39, 0.29) is 16.8 Å². The number of sulfonamides is 1. The molecule has 0 spiro atoms. The summed E-state index contributed by atoms with van der Waals surface area (Å²) >= 11 is 0. The molecule has 0 amide bonds. The van der Waals surface area contributed by atoms with Crippen molar-refractivity contribution in [2.24, 2.45) is 0 Å². The largest absolute Gasteiger partial charge is 0.381 e. The minimum atomic E-state index is -3.58. The maximum atomic E-state index is 12.8. The Bertz CT molecular complexity index is 537. The molecule has 7 heteroatoms. The van der Waals surface area contributed by atoms with Crippen molar-refractivity contribution in [1.82, 2.24) is 14.1 Å². The lowest BCUT2D eigenvalue weighted by atomic mass is 10.2. The summed E-state index contributed by atoms with van der Waals surface area (Å²) < 4.78 is 28.7. The maximum absolute atomic E-state index is 12.8. The average Bonchev–Trinajstić information content (AvgIpc) is 2.76. The standard InChI is InChI=1S/C14H28N4O2S/c1-5-7-8-10-18(12(3)4)21(19,20)13-11-17(9-6-2)16-14(13)15/h11-12H,5-10H2,1-4H3,(H2,15,16). The molecule has 0 fully saturated rings. The number of rotatable bonds is 9. The van der Waals surface area contributed by atoms with E-state index in [9.17, 15) is 8.42 Å². The second-order valence-electron chi connectivity index (χ2n) is 5.56. The van der Waals surface area contributed by atoms with Crippen LogP contribution in [0.3, 0.4) is 0 Å². The molecule has 1 heterocycles. The third-order valence-corrected chi connectivity index (χ3v) is 5.44. The Balaban J connectivity index is 3.04. The summed E-state index contributed by atoms with van der Waals surface area (Å²) in [5.74, 6) is 0.0876. The third kappa shape index (κ3) is 4.44. The van der Waals surface area contributed by atoms with Gasteiger partial charge in [-0.3, -0.25) is 4.68 Å². The van der Waals surface area contributed by atoms with Crippen LogP contribution in [0.5, 0.6) is 0 Å². The molecule has 0 saturated heterocycles. The van der Waals surface area contributed by atoms with Crippen LogP contribution in [0, 0.1) is 0 Å². The Labute approximate surface area is 128 Å². The van der Waals surface area contributed by atoms with E-state index in [4.69, 9.17) is 5.73 Å². The van der Waals surface area contributed by atoms with Crippen LogP contribution in [0.25, 0.3) is 0 Å². The Morgan fingerprint density at radius 2 is 1.95 bits per heavy atom. The number of nitrogens with two attached hydrogens (primary N) is 1. The molecule has 0 aliphatic heterocycles. The van der Waals surface area contributed by atoms with Crippen LogP contribution in [0.1, 0.15) is 53.4 Å². The number of hydrogen-bond donors (Lipinski definition) is 1. The van der Waals surface area contributed by atoms with Gasteiger partial charge in [0, 0.05) is 25.3 Å². The number of anilines is 1. The van der Waals surface area contributed by atoms with Crippen LogP contribution in [-0.2, 0) is 16.6 Å². The predicted octanol–water partition coefficient (Wildman–Crippen LogP) is 2.46. The average molecular weight is 316 g/mol. The van der Waals surface area contributed by atoms with Crippen molar-refractivity contribution in [3.05, 3.63) is 6.20 Å². The molecular formula is C14H28N4O2S. The van der Waals surface area contributed by atoms with Crippen LogP contribution >= 0.6 is 0 Å². The molecule has 2 N–H and O–H groups in total. The normalized spacial score (nSPS) is 12.5. The molecule has 0 atom stereocenters. The van der Waals surface area contributed by atoms with Gasteiger partial charge in [-0.05, 0) is 26.7 Å². The van der Waals surface area contributed by atoms with Crippen LogP contribution in [0.15, 0.2) is 11.1 Å². The number of unbranched alkanes of at least 4 members (excludes halogenated alkanes) is 2. The minimum Gasteiger partial charge on any atom is -0.381 e. The summed E-state index contributed by atoms with van der Waals surface area (Å²) in [6.07, 6.45) is 5.36. The third-order valence-electron chi connectivity index (χ3n) is 3.35. The van der Waals surface area contributed by atoms with E-state index in [1.807, 2.05) is 20.8 Å². The quantitative estimate of drug-likeness (QED) is 0.710. The van der Waals surface area contributed by atoms with E-state index < -0.39 is 10.0 Å². The van der Waals surface area contributed by atoms with Gasteiger partial charge in [0.25, 0.3) is 0 Å². The summed E-state index contributed by atoms with van der Waals surface area (Å²) in [4.78, 5) is 0.126. The first-order valence-electron chi connectivity index (χ1n) is 7.69. The van der Waals surface area contributed by atoms with Gasteiger partial charge in [-0.1, -0.05) is 26.7 Å². The molecule has 6 nitrogen and oxygen atoms in total. The zero-order valence-corrected chi connectivity index (χ0v) is 14.4. The van der Waals surface area contributed by atoms with Crippen molar-refractivity contribution < 1.29 is 8.42 Å². The fourth-order valence-electron chi connectivity index (χ4n) is 2.26. The highest BCUT2D eigenvalue weighted by atomic mass is 32.2. The zero-order valence-electron chi connectivity index (χ0n) is 13.5. The number of nitrogens with zero attached hydrogens (tertiary/aromatic N) is 3. The van der Waals surface area contributed by atoms with Crippen molar-refractivity contribution >= 4 is 15.8 Å². The monoisotopic (exact) mass is 316 g/mol. The van der Waals surface area contributed by atoms with Crippen molar-refractivity contribution in [1.29, 1.82) is 0 Å². The molecular weight excluding hydrogens is 288 g/mol. The number of aromatic nitrogens is 2. The van der Waals surface area contributed by atoms with Gasteiger partial charge < -0.3 is 5.73 Å². The molecule has 0 radical (unpaired) electrons. The zero-order chi connectivity index (χ0) is 16.0. The molecule has 0 aliphatic rings. The van der Waals surface area contributed by atoms with Crippen LogP contribution in [0.2, 0.25) is 0 Å². The Morgan fingerprint density at radius 1 is 1.29 bits per heavy atom. The molecule has 0 unspecified atom stereocenters. The molecule has 0 bridgehead atoms. The van der Waals surface area contributed by atoms with Crippen molar-refractivity contribution in [3.63, 3.8) is 0 Å². The summed E-state index contributed by atoms with van der Waals surface area (Å²) in [5, 5.41) is 4.09. The molecule has 0 aliphatic carbocycles. The van der Waals surface area contributed by atoms with E-state index in [2.05, 4.69) is 12.0 Å². The van der Waals surface area contributed by atoms with Gasteiger partial charge in [-0.2, -0.15) is 9.40 Å². The summed E-state index contributed by atoms with van der Waals surface area (Å²) in [6.45, 7) is 9.06. The van der Waals surface area contributed by atoms with Crippen LogP contribution in [-0.4, -0.2) is 35.1 Å². The summed E-state index contributed by atoms with van der Waals surface area (Å²) in [7, 11) is -3.58. The van der Waals surface area contributed by atoms with Gasteiger partial charge in [0.2, 0.25) is 10.0 Å². The molecule has 1 rings (SSSR count). The van der Waals surface area contributed by atoms with Gasteiger partial charge in [0.05, 0.1) is 0 Å². The number of aryl methyl sites for hydroxylation is 1. The molecule has 21 heavy (non-hydrogen) atoms. The fraction of sp³-hybridized carbons (Fsp3) is 0.786. The minimum absolute atomic E-state index is 0.0876. The topological polar surface area (TPSA) is 81.2 Å². The first kappa shape index (κ1) is 18.0. The van der Waals surface area contributed by atoms with Crippen molar-refractivity contribution in [3.8, 4) is 0 Å². The highest BCUT2D eigenvalue weighted by Gasteiger charge is 2.30. The lowest BCUT2D eigenvalue weighted by molar-refractivity contribution is 0.346.